The number of carboxylic acids is 1. The molecule has 4 nitrogen and oxygen atoms in total. The third-order valence-electron chi connectivity index (χ3n) is 2.94. The lowest BCUT2D eigenvalue weighted by Crippen LogP contribution is -2.02. The second kappa shape index (κ2) is 6.63. The van der Waals surface area contributed by atoms with E-state index in [4.69, 9.17) is 14.6 Å². The molecule has 0 amide bonds. The lowest BCUT2D eigenvalue weighted by Gasteiger charge is -2.13. The molecule has 2 aromatic rings. The fourth-order valence-corrected chi connectivity index (χ4v) is 2.50. The summed E-state index contributed by atoms with van der Waals surface area (Å²) >= 11 is 3.33. The number of benzene rings is 2. The van der Waals surface area contributed by atoms with Crippen LogP contribution in [0.4, 0.5) is 0 Å². The maximum atomic E-state index is 11.0. The zero-order chi connectivity index (χ0) is 15.4. The molecule has 0 aromatic heterocycles. The van der Waals surface area contributed by atoms with Gasteiger partial charge in [0.2, 0.25) is 0 Å². The van der Waals surface area contributed by atoms with Crippen LogP contribution in [0.25, 0.3) is 0 Å². The van der Waals surface area contributed by atoms with Gasteiger partial charge in [0.15, 0.2) is 11.5 Å². The van der Waals surface area contributed by atoms with E-state index in [1.165, 1.54) is 19.2 Å². The molecule has 0 aliphatic carbocycles. The summed E-state index contributed by atoms with van der Waals surface area (Å²) in [5.41, 5.74) is 2.33. The SMILES string of the molecule is COc1cc(C(=O)O)cc(Br)c1OCc1cccc(C)c1. The third-order valence-corrected chi connectivity index (χ3v) is 3.53. The van der Waals surface area contributed by atoms with Crippen LogP contribution in [0.1, 0.15) is 21.5 Å². The van der Waals surface area contributed by atoms with Gasteiger partial charge in [-0.25, -0.2) is 4.79 Å². The Kier molecular flexibility index (Phi) is 4.85. The molecule has 0 aliphatic heterocycles. The van der Waals surface area contributed by atoms with Gasteiger partial charge in [0.1, 0.15) is 6.61 Å². The highest BCUT2D eigenvalue weighted by atomic mass is 79.9. The number of aromatic carboxylic acids is 1. The Bertz CT molecular complexity index is 667. The van der Waals surface area contributed by atoms with Crippen LogP contribution >= 0.6 is 15.9 Å². The monoisotopic (exact) mass is 350 g/mol. The number of ether oxygens (including phenoxy) is 2. The maximum absolute atomic E-state index is 11.0. The van der Waals surface area contributed by atoms with Gasteiger partial charge in [-0.15, -0.1) is 0 Å². The third kappa shape index (κ3) is 3.76. The van der Waals surface area contributed by atoms with Gasteiger partial charge < -0.3 is 14.6 Å². The molecule has 1 N–H and O–H groups in total. The van der Waals surface area contributed by atoms with Gasteiger partial charge in [-0.1, -0.05) is 29.8 Å². The van der Waals surface area contributed by atoms with E-state index in [1.807, 2.05) is 31.2 Å². The molecule has 0 fully saturated rings. The standard InChI is InChI=1S/C16H15BrO4/c1-10-4-3-5-11(6-10)9-21-15-13(17)7-12(16(18)19)8-14(15)20-2/h3-8H,9H2,1-2H3,(H,18,19). The second-order valence-electron chi connectivity index (χ2n) is 4.57. The summed E-state index contributed by atoms with van der Waals surface area (Å²) in [7, 11) is 1.48. The van der Waals surface area contributed by atoms with Gasteiger partial charge in [0.05, 0.1) is 17.1 Å². The van der Waals surface area contributed by atoms with E-state index >= 15 is 0 Å². The normalized spacial score (nSPS) is 10.2. The van der Waals surface area contributed by atoms with E-state index in [9.17, 15) is 4.79 Å². The highest BCUT2D eigenvalue weighted by Crippen LogP contribution is 2.37. The smallest absolute Gasteiger partial charge is 0.335 e. The Hall–Kier alpha value is -2.01. The molecule has 5 heteroatoms. The molecule has 2 rings (SSSR count). The van der Waals surface area contributed by atoms with Gasteiger partial charge in [-0.3, -0.25) is 0 Å². The highest BCUT2D eigenvalue weighted by Gasteiger charge is 2.15. The van der Waals surface area contributed by atoms with Gasteiger partial charge >= 0.3 is 5.97 Å². The van der Waals surface area contributed by atoms with Crippen LogP contribution in [0.15, 0.2) is 40.9 Å². The van der Waals surface area contributed by atoms with Crippen molar-refractivity contribution in [3.8, 4) is 11.5 Å². The van der Waals surface area contributed by atoms with E-state index in [0.29, 0.717) is 22.6 Å². The zero-order valence-corrected chi connectivity index (χ0v) is 13.3. The van der Waals surface area contributed by atoms with Crippen molar-refractivity contribution in [3.05, 3.63) is 57.6 Å². The molecule has 0 radical (unpaired) electrons. The Morgan fingerprint density at radius 1 is 1.29 bits per heavy atom. The van der Waals surface area contributed by atoms with Gasteiger partial charge in [0, 0.05) is 0 Å². The second-order valence-corrected chi connectivity index (χ2v) is 5.43. The Balaban J connectivity index is 2.25. The van der Waals surface area contributed by atoms with Crippen molar-refractivity contribution in [3.63, 3.8) is 0 Å². The molecule has 0 heterocycles. The van der Waals surface area contributed by atoms with Crippen LogP contribution in [0.3, 0.4) is 0 Å². The summed E-state index contributed by atoms with van der Waals surface area (Å²) < 4.78 is 11.5. The van der Waals surface area contributed by atoms with E-state index in [0.717, 1.165) is 11.1 Å². The lowest BCUT2D eigenvalue weighted by molar-refractivity contribution is 0.0696. The topological polar surface area (TPSA) is 55.8 Å². The van der Waals surface area contributed by atoms with Crippen molar-refractivity contribution in [2.24, 2.45) is 0 Å². The number of methoxy groups -OCH3 is 1. The van der Waals surface area contributed by atoms with Crippen LogP contribution in [-0.2, 0) is 6.61 Å². The predicted octanol–water partition coefficient (Wildman–Crippen LogP) is 4.04. The van der Waals surface area contributed by atoms with Gasteiger partial charge in [0.25, 0.3) is 0 Å². The molecular weight excluding hydrogens is 336 g/mol. The minimum absolute atomic E-state index is 0.140. The molecule has 2 aromatic carbocycles. The van der Waals surface area contributed by atoms with E-state index < -0.39 is 5.97 Å². The van der Waals surface area contributed by atoms with Crippen LogP contribution in [0.2, 0.25) is 0 Å². The number of hydrogen-bond acceptors (Lipinski definition) is 3. The summed E-state index contributed by atoms with van der Waals surface area (Å²) in [5, 5.41) is 9.04. The first kappa shape index (κ1) is 15.4. The van der Waals surface area contributed by atoms with E-state index in [-0.39, 0.29) is 5.56 Å². The number of carboxylic acid groups (broad SMARTS) is 1. The molecule has 0 unspecified atom stereocenters. The van der Waals surface area contributed by atoms with Crippen LogP contribution in [0.5, 0.6) is 11.5 Å². The molecule has 0 spiro atoms. The Morgan fingerprint density at radius 2 is 2.05 bits per heavy atom. The fraction of sp³-hybridized carbons (Fsp3) is 0.188. The summed E-state index contributed by atoms with van der Waals surface area (Å²) in [4.78, 5) is 11.0. The molecule has 0 bridgehead atoms. The number of halogens is 1. The maximum Gasteiger partial charge on any atom is 0.335 e. The highest BCUT2D eigenvalue weighted by molar-refractivity contribution is 9.10. The van der Waals surface area contributed by atoms with Crippen molar-refractivity contribution in [1.82, 2.24) is 0 Å². The molecule has 0 saturated carbocycles. The fourth-order valence-electron chi connectivity index (χ4n) is 1.94. The van der Waals surface area contributed by atoms with Crippen molar-refractivity contribution < 1.29 is 19.4 Å². The van der Waals surface area contributed by atoms with Crippen LogP contribution < -0.4 is 9.47 Å². The van der Waals surface area contributed by atoms with Crippen molar-refractivity contribution in [2.75, 3.05) is 7.11 Å². The zero-order valence-electron chi connectivity index (χ0n) is 11.7. The van der Waals surface area contributed by atoms with Crippen molar-refractivity contribution in [2.45, 2.75) is 13.5 Å². The average Bonchev–Trinajstić information content (AvgIpc) is 2.45. The van der Waals surface area contributed by atoms with Crippen LogP contribution in [0, 0.1) is 6.92 Å². The first-order valence-corrected chi connectivity index (χ1v) is 7.09. The first-order chi connectivity index (χ1) is 10.0. The number of carbonyl (C=O) groups is 1. The number of rotatable bonds is 5. The summed E-state index contributed by atoms with van der Waals surface area (Å²) in [6, 6.07) is 10.9. The molecular formula is C16H15BrO4. The van der Waals surface area contributed by atoms with Gasteiger partial charge in [-0.2, -0.15) is 0 Å². The summed E-state index contributed by atoms with van der Waals surface area (Å²) in [6.07, 6.45) is 0. The van der Waals surface area contributed by atoms with E-state index in [2.05, 4.69) is 15.9 Å². The largest absolute Gasteiger partial charge is 0.493 e. The Morgan fingerprint density at radius 3 is 2.67 bits per heavy atom. The molecule has 110 valence electrons. The quantitative estimate of drug-likeness (QED) is 0.883. The first-order valence-electron chi connectivity index (χ1n) is 6.30. The summed E-state index contributed by atoms with van der Waals surface area (Å²) in [6.45, 7) is 2.39. The lowest BCUT2D eigenvalue weighted by atomic mass is 10.1. The number of hydrogen-bond donors (Lipinski definition) is 1. The number of aryl methyl sites for hydroxylation is 1. The molecule has 0 saturated heterocycles. The molecule has 0 atom stereocenters. The average molecular weight is 351 g/mol. The Labute approximate surface area is 131 Å². The van der Waals surface area contributed by atoms with Crippen molar-refractivity contribution >= 4 is 21.9 Å². The molecule has 21 heavy (non-hydrogen) atoms. The van der Waals surface area contributed by atoms with E-state index in [1.54, 1.807) is 0 Å². The minimum Gasteiger partial charge on any atom is -0.493 e. The summed E-state index contributed by atoms with van der Waals surface area (Å²) in [5.74, 6) is -0.141. The van der Waals surface area contributed by atoms with Crippen LogP contribution in [-0.4, -0.2) is 18.2 Å². The van der Waals surface area contributed by atoms with Gasteiger partial charge in [-0.05, 0) is 40.5 Å². The molecule has 0 aliphatic rings. The predicted molar refractivity (Wildman–Crippen MR) is 83.2 cm³/mol. The van der Waals surface area contributed by atoms with Crippen molar-refractivity contribution in [1.29, 1.82) is 0 Å². The minimum atomic E-state index is -1.01.